The van der Waals surface area contributed by atoms with Crippen LogP contribution in [0.4, 0.5) is 0 Å². The van der Waals surface area contributed by atoms with Gasteiger partial charge in [-0.15, -0.1) is 0 Å². The number of fused-ring (bicyclic) bond motifs is 2. The van der Waals surface area contributed by atoms with Crippen LogP contribution in [0.3, 0.4) is 0 Å². The van der Waals surface area contributed by atoms with Crippen LogP contribution in [-0.4, -0.2) is 59.8 Å². The van der Waals surface area contributed by atoms with Gasteiger partial charge in [0.15, 0.2) is 11.5 Å². The quantitative estimate of drug-likeness (QED) is 0.181. The highest BCUT2D eigenvalue weighted by Crippen LogP contribution is 2.31. The number of amides is 1. The van der Waals surface area contributed by atoms with Crippen LogP contribution in [0.15, 0.2) is 35.1 Å². The van der Waals surface area contributed by atoms with Crippen LogP contribution < -0.4 is 19.7 Å². The molecule has 8 nitrogen and oxygen atoms in total. The molecule has 1 aliphatic carbocycles. The first kappa shape index (κ1) is 29.5. The van der Waals surface area contributed by atoms with E-state index in [1.54, 1.807) is 6.07 Å². The van der Waals surface area contributed by atoms with Crippen LogP contribution in [0, 0.1) is 0 Å². The first-order valence-electron chi connectivity index (χ1n) is 15.3. The molecule has 9 heteroatoms. The lowest BCUT2D eigenvalue weighted by Crippen LogP contribution is -2.42. The molecule has 222 valence electrons. The lowest BCUT2D eigenvalue weighted by molar-refractivity contribution is -0.133. The van der Waals surface area contributed by atoms with Crippen molar-refractivity contribution in [1.82, 2.24) is 15.2 Å². The lowest BCUT2D eigenvalue weighted by Gasteiger charge is -2.31. The zero-order valence-corrected chi connectivity index (χ0v) is 24.7. The third-order valence-electron chi connectivity index (χ3n) is 8.28. The minimum absolute atomic E-state index is 0.123. The second-order valence-electron chi connectivity index (χ2n) is 11.2. The molecule has 3 N–H and O–H groups in total. The van der Waals surface area contributed by atoms with Gasteiger partial charge in [0, 0.05) is 25.6 Å². The number of aromatic amines is 1. The third kappa shape index (κ3) is 8.04. The van der Waals surface area contributed by atoms with Crippen LogP contribution in [0.1, 0.15) is 75.3 Å². The molecule has 0 radical (unpaired) electrons. The van der Waals surface area contributed by atoms with Crippen molar-refractivity contribution in [2.45, 2.75) is 83.1 Å². The fourth-order valence-corrected chi connectivity index (χ4v) is 6.96. The van der Waals surface area contributed by atoms with Gasteiger partial charge in [-0.05, 0) is 74.4 Å². The molecular formula is C32H43N3O5S. The fourth-order valence-electron chi connectivity index (χ4n) is 6.06. The molecule has 0 saturated heterocycles. The average molecular weight is 582 g/mol. The topological polar surface area (TPSA) is 104 Å². The number of phenolic OH excluding ortho intramolecular Hbond substituents is 1. The van der Waals surface area contributed by atoms with Gasteiger partial charge in [-0.25, -0.2) is 0 Å². The van der Waals surface area contributed by atoms with Gasteiger partial charge in [-0.3, -0.25) is 9.59 Å². The Labute approximate surface area is 246 Å². The maximum absolute atomic E-state index is 13.4. The second kappa shape index (κ2) is 14.7. The summed E-state index contributed by atoms with van der Waals surface area (Å²) in [6.45, 7) is 3.50. The largest absolute Gasteiger partial charge is 0.506 e. The Morgan fingerprint density at radius 1 is 0.976 bits per heavy atom. The zero-order chi connectivity index (χ0) is 28.4. The number of unbranched alkanes of at least 4 members (excludes halogenated alkanes) is 2. The predicted molar refractivity (Wildman–Crippen MR) is 163 cm³/mol. The molecule has 2 heterocycles. The minimum atomic E-state index is -0.141. The van der Waals surface area contributed by atoms with Crippen molar-refractivity contribution in [2.24, 2.45) is 0 Å². The number of hydrogen-bond donors (Lipinski definition) is 3. The van der Waals surface area contributed by atoms with E-state index in [-0.39, 0.29) is 16.5 Å². The van der Waals surface area contributed by atoms with E-state index in [4.69, 9.17) is 9.47 Å². The van der Waals surface area contributed by atoms with Gasteiger partial charge in [0.1, 0.15) is 24.5 Å². The number of nitrogens with zero attached hydrogens (tertiary/aromatic N) is 1. The summed E-state index contributed by atoms with van der Waals surface area (Å²) in [7, 11) is 0. The van der Waals surface area contributed by atoms with Gasteiger partial charge in [0.05, 0.1) is 4.70 Å². The highest BCUT2D eigenvalue weighted by Gasteiger charge is 2.24. The molecule has 2 aromatic carbocycles. The maximum Gasteiger partial charge on any atom is 0.305 e. The van der Waals surface area contributed by atoms with Gasteiger partial charge in [0.25, 0.3) is 0 Å². The summed E-state index contributed by atoms with van der Waals surface area (Å²) in [6.07, 6.45) is 12.4. The number of hydrogen-bond acceptors (Lipinski definition) is 7. The van der Waals surface area contributed by atoms with E-state index in [0.29, 0.717) is 37.7 Å². The maximum atomic E-state index is 13.4. The normalized spacial score (nSPS) is 15.6. The summed E-state index contributed by atoms with van der Waals surface area (Å²) in [5, 5.41) is 13.5. The van der Waals surface area contributed by atoms with Crippen molar-refractivity contribution in [2.75, 3.05) is 32.8 Å². The van der Waals surface area contributed by atoms with Crippen molar-refractivity contribution >= 4 is 27.5 Å². The fraction of sp³-hybridized carbons (Fsp3) is 0.562. The van der Waals surface area contributed by atoms with Gasteiger partial charge >= 0.3 is 4.87 Å². The molecule has 1 aromatic heterocycles. The van der Waals surface area contributed by atoms with Gasteiger partial charge in [0.2, 0.25) is 5.91 Å². The Kier molecular flexibility index (Phi) is 10.6. The number of carbonyl (C=O) groups is 1. The van der Waals surface area contributed by atoms with Crippen LogP contribution in [0.25, 0.3) is 10.2 Å². The minimum Gasteiger partial charge on any atom is -0.506 e. The van der Waals surface area contributed by atoms with Crippen molar-refractivity contribution in [3.05, 3.63) is 51.1 Å². The molecule has 1 aliphatic heterocycles. The molecule has 1 amide bonds. The number of benzene rings is 2. The third-order valence-corrected chi connectivity index (χ3v) is 9.24. The number of carbonyl (C=O) groups excluding carboxylic acids is 1. The summed E-state index contributed by atoms with van der Waals surface area (Å²) in [6, 6.07) is 10.1. The Hall–Kier alpha value is -3.04. The SMILES string of the molecule is O=C(CCNCCc1ccc2c(c1)OCCO2)N(CCCCCc1ccc(O)c2[nH]c(=O)sc12)C1CCCCCC1. The van der Waals surface area contributed by atoms with Crippen LogP contribution in [0.5, 0.6) is 17.2 Å². The second-order valence-corrected chi connectivity index (χ2v) is 12.2. The number of aryl methyl sites for hydroxylation is 1. The average Bonchev–Trinajstić information content (AvgIpc) is 3.19. The predicted octanol–water partition coefficient (Wildman–Crippen LogP) is 5.55. The number of aromatic nitrogens is 1. The van der Waals surface area contributed by atoms with E-state index < -0.39 is 0 Å². The molecule has 0 atom stereocenters. The Morgan fingerprint density at radius 2 is 1.78 bits per heavy atom. The first-order chi connectivity index (χ1) is 20.1. The van der Waals surface area contributed by atoms with Gasteiger partial charge < -0.3 is 29.8 Å². The zero-order valence-electron chi connectivity index (χ0n) is 23.9. The Bertz CT molecular complexity index is 1340. The Morgan fingerprint density at radius 3 is 2.61 bits per heavy atom. The molecule has 0 bridgehead atoms. The number of thiazole rings is 1. The van der Waals surface area contributed by atoms with Crippen molar-refractivity contribution in [3.8, 4) is 17.2 Å². The monoisotopic (exact) mass is 581 g/mol. The molecular weight excluding hydrogens is 538 g/mol. The van der Waals surface area contributed by atoms with Crippen molar-refractivity contribution in [1.29, 1.82) is 0 Å². The summed E-state index contributed by atoms with van der Waals surface area (Å²) in [5.41, 5.74) is 2.84. The van der Waals surface area contributed by atoms with Gasteiger partial charge in [-0.1, -0.05) is 55.6 Å². The number of aromatic hydroxyl groups is 1. The van der Waals surface area contributed by atoms with Crippen molar-refractivity contribution < 1.29 is 19.4 Å². The lowest BCUT2D eigenvalue weighted by atomic mass is 10.0. The van der Waals surface area contributed by atoms with Crippen LogP contribution in [0.2, 0.25) is 0 Å². The van der Waals surface area contributed by atoms with E-state index >= 15 is 0 Å². The van der Waals surface area contributed by atoms with Crippen LogP contribution in [-0.2, 0) is 17.6 Å². The molecule has 2 aliphatic rings. The van der Waals surface area contributed by atoms with E-state index in [1.165, 1.54) is 31.2 Å². The molecule has 1 fully saturated rings. The van der Waals surface area contributed by atoms with E-state index in [2.05, 4.69) is 27.3 Å². The number of phenols is 1. The van der Waals surface area contributed by atoms with Gasteiger partial charge in [-0.2, -0.15) is 0 Å². The van der Waals surface area contributed by atoms with E-state index in [1.807, 2.05) is 12.1 Å². The van der Waals surface area contributed by atoms with E-state index in [9.17, 15) is 14.7 Å². The molecule has 41 heavy (non-hydrogen) atoms. The summed E-state index contributed by atoms with van der Waals surface area (Å²) in [4.78, 5) is 30.0. The Balaban J connectivity index is 1.07. The number of ether oxygens (including phenoxy) is 2. The molecule has 0 spiro atoms. The number of rotatable bonds is 13. The molecule has 0 unspecified atom stereocenters. The summed E-state index contributed by atoms with van der Waals surface area (Å²) >= 11 is 1.16. The number of nitrogens with one attached hydrogen (secondary N) is 2. The summed E-state index contributed by atoms with van der Waals surface area (Å²) < 4.78 is 12.2. The molecule has 1 saturated carbocycles. The van der Waals surface area contributed by atoms with Crippen LogP contribution >= 0.6 is 11.3 Å². The summed E-state index contributed by atoms with van der Waals surface area (Å²) in [5.74, 6) is 2.02. The standard InChI is InChI=1S/C32H43N3O5S/c36-26-13-12-24(31-30(26)34-32(38)41-31)8-4-3-7-19-35(25-9-5-1-2-6-10-25)29(37)16-18-33-17-15-23-11-14-27-28(22-23)40-21-20-39-27/h11-14,22,25,33,36H,1-10,15-21H2,(H,34,38). The van der Waals surface area contributed by atoms with E-state index in [0.717, 1.165) is 91.1 Å². The smallest absolute Gasteiger partial charge is 0.305 e. The highest BCUT2D eigenvalue weighted by molar-refractivity contribution is 7.16. The number of H-pyrrole nitrogens is 1. The first-order valence-corrected chi connectivity index (χ1v) is 16.1. The van der Waals surface area contributed by atoms with Crippen molar-refractivity contribution in [3.63, 3.8) is 0 Å². The molecule has 3 aromatic rings. The molecule has 5 rings (SSSR count). The highest BCUT2D eigenvalue weighted by atomic mass is 32.1.